The van der Waals surface area contributed by atoms with Crippen molar-refractivity contribution >= 4 is 17.5 Å². The monoisotopic (exact) mass is 379 g/mol. The summed E-state index contributed by atoms with van der Waals surface area (Å²) in [7, 11) is 0. The van der Waals surface area contributed by atoms with Crippen LogP contribution in [0.3, 0.4) is 0 Å². The fourth-order valence-electron chi connectivity index (χ4n) is 3.30. The summed E-state index contributed by atoms with van der Waals surface area (Å²) in [6.45, 7) is 4.00. The van der Waals surface area contributed by atoms with Crippen LogP contribution in [0.5, 0.6) is 5.75 Å². The lowest BCUT2D eigenvalue weighted by Crippen LogP contribution is -2.39. The Kier molecular flexibility index (Phi) is 4.73. The van der Waals surface area contributed by atoms with Crippen molar-refractivity contribution in [3.8, 4) is 5.75 Å². The lowest BCUT2D eigenvalue weighted by atomic mass is 10.0. The maximum Gasteiger partial charge on any atom is 0.359 e. The standard InChI is InChI=1S/C21H21N3O4/c1-13-6-5-9-19-22-17(12-24(13)19)21(26)28-14(2)20(25)23-16-10-11-27-18-8-4-3-7-15(16)18/h3-9,12,14,16H,10-11H2,1-2H3,(H,23,25)/t14-,16-/m0/s1. The summed E-state index contributed by atoms with van der Waals surface area (Å²) < 4.78 is 12.8. The number of nitrogens with one attached hydrogen (secondary N) is 1. The molecule has 3 heterocycles. The molecule has 3 aromatic rings. The lowest BCUT2D eigenvalue weighted by Gasteiger charge is -2.27. The molecule has 0 unspecified atom stereocenters. The third kappa shape index (κ3) is 3.43. The molecule has 0 radical (unpaired) electrons. The third-order valence-electron chi connectivity index (χ3n) is 4.83. The van der Waals surface area contributed by atoms with Gasteiger partial charge in [0.05, 0.1) is 12.6 Å². The number of carbonyl (C=O) groups is 2. The van der Waals surface area contributed by atoms with Crippen LogP contribution in [0.25, 0.3) is 5.65 Å². The molecule has 7 heteroatoms. The van der Waals surface area contributed by atoms with Gasteiger partial charge in [0, 0.05) is 23.9 Å². The van der Waals surface area contributed by atoms with Crippen molar-refractivity contribution in [2.45, 2.75) is 32.4 Å². The van der Waals surface area contributed by atoms with Crippen LogP contribution in [-0.2, 0) is 9.53 Å². The highest BCUT2D eigenvalue weighted by molar-refractivity contribution is 5.91. The second-order valence-corrected chi connectivity index (χ2v) is 6.81. The number of amides is 1. The lowest BCUT2D eigenvalue weighted by molar-refractivity contribution is -0.130. The highest BCUT2D eigenvalue weighted by atomic mass is 16.5. The second kappa shape index (κ2) is 7.34. The van der Waals surface area contributed by atoms with Crippen molar-refractivity contribution in [1.82, 2.24) is 14.7 Å². The Morgan fingerprint density at radius 3 is 2.89 bits per heavy atom. The van der Waals surface area contributed by atoms with Crippen molar-refractivity contribution in [3.63, 3.8) is 0 Å². The number of para-hydroxylation sites is 1. The Morgan fingerprint density at radius 1 is 1.25 bits per heavy atom. The van der Waals surface area contributed by atoms with Gasteiger partial charge in [-0.3, -0.25) is 4.79 Å². The predicted octanol–water partition coefficient (Wildman–Crippen LogP) is 2.83. The minimum atomic E-state index is -0.937. The normalized spacial score (nSPS) is 16.7. The van der Waals surface area contributed by atoms with Crippen LogP contribution in [-0.4, -0.2) is 34.0 Å². The van der Waals surface area contributed by atoms with Crippen molar-refractivity contribution < 1.29 is 19.1 Å². The number of esters is 1. The highest BCUT2D eigenvalue weighted by Gasteiger charge is 2.27. The van der Waals surface area contributed by atoms with Gasteiger partial charge in [-0.1, -0.05) is 24.3 Å². The second-order valence-electron chi connectivity index (χ2n) is 6.81. The first-order valence-corrected chi connectivity index (χ1v) is 9.21. The van der Waals surface area contributed by atoms with Crippen molar-refractivity contribution in [2.24, 2.45) is 0 Å². The molecule has 2 atom stereocenters. The molecular formula is C21H21N3O4. The number of carbonyl (C=O) groups excluding carboxylic acids is 2. The number of nitrogens with zero attached hydrogens (tertiary/aromatic N) is 2. The Hall–Kier alpha value is -3.35. The summed E-state index contributed by atoms with van der Waals surface area (Å²) in [6.07, 6.45) is 1.34. The number of hydrogen-bond donors (Lipinski definition) is 1. The van der Waals surface area contributed by atoms with E-state index in [4.69, 9.17) is 9.47 Å². The molecule has 1 aromatic carbocycles. The van der Waals surface area contributed by atoms with E-state index < -0.39 is 12.1 Å². The van der Waals surface area contributed by atoms with Crippen LogP contribution in [0.2, 0.25) is 0 Å². The average Bonchev–Trinajstić information content (AvgIpc) is 3.14. The molecule has 4 rings (SSSR count). The van der Waals surface area contributed by atoms with E-state index in [1.165, 1.54) is 0 Å². The highest BCUT2D eigenvalue weighted by Crippen LogP contribution is 2.31. The molecule has 2 aromatic heterocycles. The van der Waals surface area contributed by atoms with E-state index in [-0.39, 0.29) is 17.6 Å². The van der Waals surface area contributed by atoms with Gasteiger partial charge in [0.25, 0.3) is 5.91 Å². The number of fused-ring (bicyclic) bond motifs is 2. The number of imidazole rings is 1. The first-order chi connectivity index (χ1) is 13.5. The first-order valence-electron chi connectivity index (χ1n) is 9.21. The fourth-order valence-corrected chi connectivity index (χ4v) is 3.30. The van der Waals surface area contributed by atoms with Gasteiger partial charge in [0.2, 0.25) is 0 Å². The Balaban J connectivity index is 1.43. The van der Waals surface area contributed by atoms with Gasteiger partial charge in [-0.15, -0.1) is 0 Å². The van der Waals surface area contributed by atoms with E-state index in [9.17, 15) is 9.59 Å². The zero-order valence-electron chi connectivity index (χ0n) is 15.7. The fraction of sp³-hybridized carbons (Fsp3) is 0.286. The largest absolute Gasteiger partial charge is 0.493 e. The Morgan fingerprint density at radius 2 is 2.07 bits per heavy atom. The Labute approximate surface area is 162 Å². The van der Waals surface area contributed by atoms with Gasteiger partial charge in [-0.2, -0.15) is 0 Å². The van der Waals surface area contributed by atoms with Crippen LogP contribution in [0.4, 0.5) is 0 Å². The number of rotatable bonds is 4. The van der Waals surface area contributed by atoms with E-state index in [1.54, 1.807) is 17.5 Å². The topological polar surface area (TPSA) is 81.9 Å². The van der Waals surface area contributed by atoms with Gasteiger partial charge < -0.3 is 19.2 Å². The number of pyridine rings is 1. The third-order valence-corrected chi connectivity index (χ3v) is 4.83. The maximum absolute atomic E-state index is 12.6. The maximum atomic E-state index is 12.6. The zero-order chi connectivity index (χ0) is 19.7. The molecule has 0 aliphatic carbocycles. The van der Waals surface area contributed by atoms with E-state index in [1.807, 2.05) is 49.4 Å². The number of ether oxygens (including phenoxy) is 2. The molecule has 0 bridgehead atoms. The predicted molar refractivity (Wildman–Crippen MR) is 102 cm³/mol. The molecule has 0 saturated heterocycles. The van der Waals surface area contributed by atoms with E-state index in [2.05, 4.69) is 10.3 Å². The molecule has 0 saturated carbocycles. The van der Waals surface area contributed by atoms with Gasteiger partial charge in [0.1, 0.15) is 11.4 Å². The number of hydrogen-bond acceptors (Lipinski definition) is 5. The number of aromatic nitrogens is 2. The molecule has 1 aliphatic rings. The van der Waals surface area contributed by atoms with E-state index in [0.717, 1.165) is 17.0 Å². The minimum Gasteiger partial charge on any atom is -0.493 e. The van der Waals surface area contributed by atoms with Crippen molar-refractivity contribution in [1.29, 1.82) is 0 Å². The van der Waals surface area contributed by atoms with Crippen molar-refractivity contribution in [2.75, 3.05) is 6.61 Å². The van der Waals surface area contributed by atoms with Crippen LogP contribution in [0.15, 0.2) is 48.7 Å². The molecule has 0 spiro atoms. The van der Waals surface area contributed by atoms with E-state index in [0.29, 0.717) is 18.7 Å². The molecule has 1 N–H and O–H groups in total. The smallest absolute Gasteiger partial charge is 0.359 e. The van der Waals surface area contributed by atoms with Gasteiger partial charge in [0.15, 0.2) is 11.8 Å². The molecule has 144 valence electrons. The summed E-state index contributed by atoms with van der Waals surface area (Å²) >= 11 is 0. The van der Waals surface area contributed by atoms with Crippen molar-refractivity contribution in [3.05, 3.63) is 65.6 Å². The Bertz CT molecular complexity index is 1040. The summed E-state index contributed by atoms with van der Waals surface area (Å²) in [5.74, 6) is -0.211. The summed E-state index contributed by atoms with van der Waals surface area (Å²) in [5, 5.41) is 2.95. The van der Waals surface area contributed by atoms with E-state index >= 15 is 0 Å². The summed E-state index contributed by atoms with van der Waals surface area (Å²) in [4.78, 5) is 29.3. The zero-order valence-corrected chi connectivity index (χ0v) is 15.7. The summed E-state index contributed by atoms with van der Waals surface area (Å²) in [5.41, 5.74) is 2.71. The van der Waals surface area contributed by atoms with Crippen LogP contribution in [0, 0.1) is 6.92 Å². The summed E-state index contributed by atoms with van der Waals surface area (Å²) in [6, 6.07) is 13.0. The van der Waals surface area contributed by atoms with Crippen LogP contribution in [0.1, 0.15) is 41.1 Å². The molecule has 7 nitrogen and oxygen atoms in total. The molecule has 1 amide bonds. The SMILES string of the molecule is Cc1cccc2nc(C(=O)O[C@@H](C)C(=O)N[C@H]3CCOc4ccccc43)cn12. The molecule has 0 fully saturated rings. The van der Waals surface area contributed by atoms with Gasteiger partial charge in [-0.25, -0.2) is 9.78 Å². The number of benzene rings is 1. The molecular weight excluding hydrogens is 358 g/mol. The first kappa shape index (κ1) is 18.0. The quantitative estimate of drug-likeness (QED) is 0.705. The van der Waals surface area contributed by atoms with Gasteiger partial charge >= 0.3 is 5.97 Å². The van der Waals surface area contributed by atoms with Crippen LogP contribution >= 0.6 is 0 Å². The minimum absolute atomic E-state index is 0.170. The average molecular weight is 379 g/mol. The van der Waals surface area contributed by atoms with Gasteiger partial charge in [-0.05, 0) is 32.0 Å². The van der Waals surface area contributed by atoms with Crippen LogP contribution < -0.4 is 10.1 Å². The molecule has 1 aliphatic heterocycles. The molecule has 28 heavy (non-hydrogen) atoms. The number of aryl methyl sites for hydroxylation is 1.